The number of carbonyl (C=O) groups is 2. The molecule has 1 fully saturated rings. The Morgan fingerprint density at radius 2 is 1.74 bits per heavy atom. The molecule has 4 rings (SSSR count). The summed E-state index contributed by atoms with van der Waals surface area (Å²) in [5.41, 5.74) is -1.58. The zero-order valence-corrected chi connectivity index (χ0v) is 26.3. The number of aromatic nitrogens is 2. The molecule has 1 amide bonds. The van der Waals surface area contributed by atoms with Crippen LogP contribution in [-0.2, 0) is 26.4 Å². The Morgan fingerprint density at radius 3 is 2.36 bits per heavy atom. The molecule has 0 N–H and O–H groups in total. The average molecular weight is 600 g/mol. The smallest absolute Gasteiger partial charge is 0.348 e. The highest BCUT2D eigenvalue weighted by Crippen LogP contribution is 2.34. The summed E-state index contributed by atoms with van der Waals surface area (Å²) in [6.07, 6.45) is 1.95. The van der Waals surface area contributed by atoms with E-state index in [0.29, 0.717) is 29.2 Å². The van der Waals surface area contributed by atoms with Crippen LogP contribution < -0.4 is 16.0 Å². The standard InChI is InChI=1S/C31H41N3O7S/c1-8-40-28(36)25-20(4)24-26(35)34(31(5,6)29(37)32-16-12-9-13-17-32)30(38)33(27(24)42-25)18-23(41-19(2)3)21-14-10-11-15-22(21)39-7/h10-11,14-15,19,23H,8-9,12-13,16-18H2,1-7H3/t23-/m0/s1. The first-order chi connectivity index (χ1) is 19.9. The molecule has 1 aromatic carbocycles. The number of thiophene rings is 1. The highest BCUT2D eigenvalue weighted by atomic mass is 32.1. The van der Waals surface area contributed by atoms with Gasteiger partial charge in [-0.3, -0.25) is 14.2 Å². The van der Waals surface area contributed by atoms with Crippen LogP contribution in [0, 0.1) is 6.92 Å². The number of hydrogen-bond acceptors (Lipinski definition) is 8. The van der Waals surface area contributed by atoms with Gasteiger partial charge in [-0.05, 0) is 72.4 Å². The van der Waals surface area contributed by atoms with Crippen LogP contribution in [0.4, 0.5) is 0 Å². The topological polar surface area (TPSA) is 109 Å². The van der Waals surface area contributed by atoms with Crippen LogP contribution in [0.25, 0.3) is 10.2 Å². The SMILES string of the molecule is CCOC(=O)c1sc2c(c1C)c(=O)n(C(C)(C)C(=O)N1CCCCC1)c(=O)n2C[C@H](OC(C)C)c1ccccc1OC. The number of benzene rings is 1. The molecule has 11 heteroatoms. The highest BCUT2D eigenvalue weighted by molar-refractivity contribution is 7.20. The van der Waals surface area contributed by atoms with Crippen molar-refractivity contribution in [3.05, 3.63) is 61.1 Å². The molecule has 3 aromatic rings. The lowest BCUT2D eigenvalue weighted by Crippen LogP contribution is -2.57. The molecule has 42 heavy (non-hydrogen) atoms. The largest absolute Gasteiger partial charge is 0.496 e. The summed E-state index contributed by atoms with van der Waals surface area (Å²) in [4.78, 5) is 57.6. The number of aryl methyl sites for hydroxylation is 1. The highest BCUT2D eigenvalue weighted by Gasteiger charge is 2.39. The monoisotopic (exact) mass is 599 g/mol. The van der Waals surface area contributed by atoms with Crippen molar-refractivity contribution in [2.75, 3.05) is 26.8 Å². The first kappa shape index (κ1) is 31.5. The number of rotatable bonds is 10. The molecule has 0 aliphatic carbocycles. The lowest BCUT2D eigenvalue weighted by molar-refractivity contribution is -0.140. The van der Waals surface area contributed by atoms with Crippen LogP contribution in [0.5, 0.6) is 5.75 Å². The number of ether oxygens (including phenoxy) is 3. The molecule has 1 saturated heterocycles. The molecular weight excluding hydrogens is 558 g/mol. The number of amides is 1. The van der Waals surface area contributed by atoms with Crippen molar-refractivity contribution in [2.24, 2.45) is 0 Å². The van der Waals surface area contributed by atoms with Gasteiger partial charge in [0.05, 0.1) is 31.8 Å². The number of methoxy groups -OCH3 is 1. The fourth-order valence-electron chi connectivity index (χ4n) is 5.61. The van der Waals surface area contributed by atoms with E-state index in [1.807, 2.05) is 38.1 Å². The summed E-state index contributed by atoms with van der Waals surface area (Å²) in [6.45, 7) is 11.7. The van der Waals surface area contributed by atoms with Gasteiger partial charge >= 0.3 is 11.7 Å². The minimum Gasteiger partial charge on any atom is -0.496 e. The zero-order valence-electron chi connectivity index (χ0n) is 25.5. The fourth-order valence-corrected chi connectivity index (χ4v) is 6.81. The Bertz CT molecular complexity index is 1580. The van der Waals surface area contributed by atoms with Gasteiger partial charge in [-0.15, -0.1) is 11.3 Å². The predicted octanol–water partition coefficient (Wildman–Crippen LogP) is 4.63. The fraction of sp³-hybridized carbons (Fsp3) is 0.548. The van der Waals surface area contributed by atoms with E-state index in [2.05, 4.69) is 0 Å². The van der Waals surface area contributed by atoms with Crippen molar-refractivity contribution < 1.29 is 23.8 Å². The van der Waals surface area contributed by atoms with Gasteiger partial charge in [-0.2, -0.15) is 0 Å². The molecule has 2 aromatic heterocycles. The minimum atomic E-state index is -1.47. The summed E-state index contributed by atoms with van der Waals surface area (Å²) in [5, 5.41) is 0.213. The molecule has 0 saturated carbocycles. The third-order valence-electron chi connectivity index (χ3n) is 7.67. The molecule has 0 radical (unpaired) electrons. The Hall–Kier alpha value is -3.44. The summed E-state index contributed by atoms with van der Waals surface area (Å²) < 4.78 is 19.7. The first-order valence-corrected chi connectivity index (χ1v) is 15.3. The van der Waals surface area contributed by atoms with Gasteiger partial charge in [0, 0.05) is 18.7 Å². The second kappa shape index (κ2) is 12.8. The van der Waals surface area contributed by atoms with Crippen molar-refractivity contribution >= 4 is 33.4 Å². The third-order valence-corrected chi connectivity index (χ3v) is 8.96. The number of hydrogen-bond donors (Lipinski definition) is 0. The van der Waals surface area contributed by atoms with E-state index in [1.165, 1.54) is 4.57 Å². The van der Waals surface area contributed by atoms with Crippen LogP contribution in [0.3, 0.4) is 0 Å². The average Bonchev–Trinajstić information content (AvgIpc) is 3.31. The van der Waals surface area contributed by atoms with Gasteiger partial charge < -0.3 is 19.1 Å². The van der Waals surface area contributed by atoms with Gasteiger partial charge in [-0.25, -0.2) is 14.2 Å². The van der Waals surface area contributed by atoms with E-state index in [-0.39, 0.29) is 35.4 Å². The maximum absolute atomic E-state index is 14.4. The van der Waals surface area contributed by atoms with Crippen molar-refractivity contribution in [1.82, 2.24) is 14.0 Å². The lowest BCUT2D eigenvalue weighted by Gasteiger charge is -2.35. The van der Waals surface area contributed by atoms with Gasteiger partial charge in [0.25, 0.3) is 5.56 Å². The van der Waals surface area contributed by atoms with Gasteiger partial charge in [0.2, 0.25) is 5.91 Å². The normalized spacial score (nSPS) is 14.8. The van der Waals surface area contributed by atoms with Crippen molar-refractivity contribution in [3.63, 3.8) is 0 Å². The third kappa shape index (κ3) is 5.89. The van der Waals surface area contributed by atoms with Crippen molar-refractivity contribution in [3.8, 4) is 5.75 Å². The van der Waals surface area contributed by atoms with E-state index in [9.17, 15) is 19.2 Å². The molecule has 1 aliphatic rings. The van der Waals surface area contributed by atoms with Crippen LogP contribution in [0.2, 0.25) is 0 Å². The number of likely N-dealkylation sites (tertiary alicyclic amines) is 1. The quantitative estimate of drug-likeness (QED) is 0.313. The maximum Gasteiger partial charge on any atom is 0.348 e. The summed E-state index contributed by atoms with van der Waals surface area (Å²) in [7, 11) is 1.57. The molecule has 0 bridgehead atoms. The van der Waals surface area contributed by atoms with E-state index < -0.39 is 28.9 Å². The number of nitrogens with zero attached hydrogens (tertiary/aromatic N) is 3. The van der Waals surface area contributed by atoms with Gasteiger partial charge in [0.15, 0.2) is 0 Å². The molecule has 1 atom stereocenters. The van der Waals surface area contributed by atoms with Gasteiger partial charge in [-0.1, -0.05) is 18.2 Å². The number of esters is 1. The second-order valence-electron chi connectivity index (χ2n) is 11.3. The van der Waals surface area contributed by atoms with E-state index in [0.717, 1.165) is 40.7 Å². The van der Waals surface area contributed by atoms with E-state index in [1.54, 1.807) is 39.7 Å². The molecule has 0 unspecified atom stereocenters. The van der Waals surface area contributed by atoms with Crippen LogP contribution >= 0.6 is 11.3 Å². The van der Waals surface area contributed by atoms with Crippen LogP contribution in [0.1, 0.15) is 80.8 Å². The number of carbonyl (C=O) groups excluding carboxylic acids is 2. The predicted molar refractivity (Wildman–Crippen MR) is 163 cm³/mol. The zero-order chi connectivity index (χ0) is 30.8. The van der Waals surface area contributed by atoms with Crippen LogP contribution in [0.15, 0.2) is 33.9 Å². The molecule has 1 aliphatic heterocycles. The molecular formula is C31H41N3O7S. The Labute approximate surface area is 249 Å². The lowest BCUT2D eigenvalue weighted by atomic mass is 10.00. The molecule has 10 nitrogen and oxygen atoms in total. The Kier molecular flexibility index (Phi) is 9.62. The minimum absolute atomic E-state index is 0.0182. The van der Waals surface area contributed by atoms with E-state index >= 15 is 0 Å². The number of fused-ring (bicyclic) bond motifs is 1. The van der Waals surface area contributed by atoms with E-state index in [4.69, 9.17) is 14.2 Å². The van der Waals surface area contributed by atoms with Gasteiger partial charge in [0.1, 0.15) is 27.1 Å². The number of para-hydroxylation sites is 1. The number of piperidine rings is 1. The van der Waals surface area contributed by atoms with Crippen LogP contribution in [-0.4, -0.2) is 58.8 Å². The maximum atomic E-state index is 14.4. The second-order valence-corrected chi connectivity index (χ2v) is 12.3. The first-order valence-electron chi connectivity index (χ1n) is 14.5. The summed E-state index contributed by atoms with van der Waals surface area (Å²) in [6, 6.07) is 7.40. The van der Waals surface area contributed by atoms with Crippen molar-refractivity contribution in [2.45, 2.75) is 85.1 Å². The Balaban J connectivity index is 2.00. The van der Waals surface area contributed by atoms with Crippen molar-refractivity contribution in [1.29, 1.82) is 0 Å². The molecule has 228 valence electrons. The molecule has 3 heterocycles. The summed E-state index contributed by atoms with van der Waals surface area (Å²) in [5.74, 6) is -0.258. The Morgan fingerprint density at radius 1 is 1.07 bits per heavy atom. The summed E-state index contributed by atoms with van der Waals surface area (Å²) >= 11 is 1.04. The molecule has 0 spiro atoms.